The summed E-state index contributed by atoms with van der Waals surface area (Å²) >= 11 is 0. The third kappa shape index (κ3) is 1.83. The predicted molar refractivity (Wildman–Crippen MR) is 67.8 cm³/mol. The predicted octanol–water partition coefficient (Wildman–Crippen LogP) is 2.11. The third-order valence-corrected chi connectivity index (χ3v) is 2.87. The SMILES string of the molecule is OC(c1cncnc1)c1cccc2ncccc12. The lowest BCUT2D eigenvalue weighted by Crippen LogP contribution is -2.01. The van der Waals surface area contributed by atoms with Crippen molar-refractivity contribution in [3.63, 3.8) is 0 Å². The van der Waals surface area contributed by atoms with Gasteiger partial charge in [-0.3, -0.25) is 4.98 Å². The molecule has 0 saturated carbocycles. The highest BCUT2D eigenvalue weighted by Gasteiger charge is 2.13. The van der Waals surface area contributed by atoms with E-state index in [0.29, 0.717) is 5.56 Å². The maximum absolute atomic E-state index is 10.4. The van der Waals surface area contributed by atoms with Crippen LogP contribution in [0.2, 0.25) is 0 Å². The number of benzene rings is 1. The number of aliphatic hydroxyl groups excluding tert-OH is 1. The summed E-state index contributed by atoms with van der Waals surface area (Å²) in [6, 6.07) is 9.51. The van der Waals surface area contributed by atoms with Crippen molar-refractivity contribution in [3.05, 3.63) is 66.4 Å². The molecule has 3 rings (SSSR count). The van der Waals surface area contributed by atoms with Crippen LogP contribution in [0.1, 0.15) is 17.2 Å². The molecule has 0 amide bonds. The summed E-state index contributed by atoms with van der Waals surface area (Å²) < 4.78 is 0. The maximum atomic E-state index is 10.4. The molecule has 0 aliphatic carbocycles. The van der Waals surface area contributed by atoms with Crippen LogP contribution in [0.5, 0.6) is 0 Å². The monoisotopic (exact) mass is 237 g/mol. The van der Waals surface area contributed by atoms with Gasteiger partial charge in [0.25, 0.3) is 0 Å². The molecule has 0 fully saturated rings. The highest BCUT2D eigenvalue weighted by atomic mass is 16.3. The Labute approximate surface area is 104 Å². The summed E-state index contributed by atoms with van der Waals surface area (Å²) in [6.45, 7) is 0. The van der Waals surface area contributed by atoms with Gasteiger partial charge < -0.3 is 5.11 Å². The Hall–Kier alpha value is -2.33. The fourth-order valence-electron chi connectivity index (χ4n) is 2.00. The first-order valence-electron chi connectivity index (χ1n) is 5.63. The highest BCUT2D eigenvalue weighted by Crippen LogP contribution is 2.26. The Morgan fingerprint density at radius 3 is 2.67 bits per heavy atom. The number of aliphatic hydroxyl groups is 1. The molecule has 4 nitrogen and oxygen atoms in total. The Bertz CT molecular complexity index is 665. The summed E-state index contributed by atoms with van der Waals surface area (Å²) in [7, 11) is 0. The minimum atomic E-state index is -0.737. The molecule has 2 aromatic heterocycles. The van der Waals surface area contributed by atoms with Crippen molar-refractivity contribution in [2.75, 3.05) is 0 Å². The van der Waals surface area contributed by atoms with E-state index in [4.69, 9.17) is 0 Å². The Kier molecular flexibility index (Phi) is 2.70. The molecule has 3 aromatic rings. The fraction of sp³-hybridized carbons (Fsp3) is 0.0714. The van der Waals surface area contributed by atoms with Crippen LogP contribution in [-0.2, 0) is 0 Å². The lowest BCUT2D eigenvalue weighted by atomic mass is 9.99. The van der Waals surface area contributed by atoms with Crippen molar-refractivity contribution in [2.45, 2.75) is 6.10 Å². The number of rotatable bonds is 2. The Morgan fingerprint density at radius 1 is 1.00 bits per heavy atom. The first-order chi connectivity index (χ1) is 8.86. The van der Waals surface area contributed by atoms with E-state index in [1.807, 2.05) is 30.3 Å². The number of aromatic nitrogens is 3. The third-order valence-electron chi connectivity index (χ3n) is 2.87. The number of hydrogen-bond donors (Lipinski definition) is 1. The molecule has 0 radical (unpaired) electrons. The number of nitrogens with zero attached hydrogens (tertiary/aromatic N) is 3. The van der Waals surface area contributed by atoms with Gasteiger partial charge in [-0.25, -0.2) is 9.97 Å². The lowest BCUT2D eigenvalue weighted by molar-refractivity contribution is 0.221. The van der Waals surface area contributed by atoms with E-state index < -0.39 is 6.10 Å². The largest absolute Gasteiger partial charge is 0.384 e. The molecule has 4 heteroatoms. The molecule has 1 N–H and O–H groups in total. The molecule has 1 unspecified atom stereocenters. The molecule has 2 heterocycles. The molecule has 88 valence electrons. The van der Waals surface area contributed by atoms with Crippen molar-refractivity contribution in [2.24, 2.45) is 0 Å². The van der Waals surface area contributed by atoms with Crippen LogP contribution in [0.25, 0.3) is 10.9 Å². The average molecular weight is 237 g/mol. The molecule has 1 aromatic carbocycles. The van der Waals surface area contributed by atoms with Crippen molar-refractivity contribution < 1.29 is 5.11 Å². The first kappa shape index (κ1) is 10.8. The van der Waals surface area contributed by atoms with Gasteiger partial charge in [0, 0.05) is 29.5 Å². The highest BCUT2D eigenvalue weighted by molar-refractivity contribution is 5.82. The smallest absolute Gasteiger partial charge is 0.115 e. The van der Waals surface area contributed by atoms with E-state index in [9.17, 15) is 5.11 Å². The van der Waals surface area contributed by atoms with E-state index in [-0.39, 0.29) is 0 Å². The Morgan fingerprint density at radius 2 is 1.83 bits per heavy atom. The summed E-state index contributed by atoms with van der Waals surface area (Å²) in [6.07, 6.45) is 5.68. The van der Waals surface area contributed by atoms with Gasteiger partial charge in [-0.05, 0) is 17.7 Å². The minimum Gasteiger partial charge on any atom is -0.384 e. The van der Waals surface area contributed by atoms with E-state index in [2.05, 4.69) is 15.0 Å². The summed E-state index contributed by atoms with van der Waals surface area (Å²) in [5.41, 5.74) is 2.36. The zero-order valence-corrected chi connectivity index (χ0v) is 9.56. The second-order valence-corrected chi connectivity index (χ2v) is 3.99. The van der Waals surface area contributed by atoms with Crippen molar-refractivity contribution in [1.82, 2.24) is 15.0 Å². The van der Waals surface area contributed by atoms with Crippen LogP contribution < -0.4 is 0 Å². The topological polar surface area (TPSA) is 58.9 Å². The molecule has 0 aliphatic rings. The summed E-state index contributed by atoms with van der Waals surface area (Å²) in [5, 5.41) is 11.3. The summed E-state index contributed by atoms with van der Waals surface area (Å²) in [4.78, 5) is 12.1. The Balaban J connectivity index is 2.15. The molecule has 0 aliphatic heterocycles. The minimum absolute atomic E-state index is 0.675. The fourth-order valence-corrected chi connectivity index (χ4v) is 2.00. The van der Waals surface area contributed by atoms with Crippen molar-refractivity contribution in [3.8, 4) is 0 Å². The van der Waals surface area contributed by atoms with Crippen LogP contribution in [0.15, 0.2) is 55.2 Å². The van der Waals surface area contributed by atoms with E-state index in [1.54, 1.807) is 18.6 Å². The second kappa shape index (κ2) is 4.50. The van der Waals surface area contributed by atoms with Crippen LogP contribution >= 0.6 is 0 Å². The lowest BCUT2D eigenvalue weighted by Gasteiger charge is -2.12. The van der Waals surface area contributed by atoms with Crippen LogP contribution in [-0.4, -0.2) is 20.1 Å². The van der Waals surface area contributed by atoms with E-state index >= 15 is 0 Å². The van der Waals surface area contributed by atoms with Gasteiger partial charge in [0.2, 0.25) is 0 Å². The van der Waals surface area contributed by atoms with E-state index in [0.717, 1.165) is 16.5 Å². The standard InChI is InChI=1S/C14H11N3O/c18-14(10-7-15-9-16-8-10)12-3-1-5-13-11(12)4-2-6-17-13/h1-9,14,18H. The van der Waals surface area contributed by atoms with Gasteiger partial charge in [0.15, 0.2) is 0 Å². The van der Waals surface area contributed by atoms with Gasteiger partial charge in [-0.1, -0.05) is 18.2 Å². The van der Waals surface area contributed by atoms with Gasteiger partial charge >= 0.3 is 0 Å². The molecule has 18 heavy (non-hydrogen) atoms. The molecule has 0 bridgehead atoms. The number of pyridine rings is 1. The van der Waals surface area contributed by atoms with Gasteiger partial charge in [0.05, 0.1) is 5.52 Å². The molecular weight excluding hydrogens is 226 g/mol. The molecule has 1 atom stereocenters. The maximum Gasteiger partial charge on any atom is 0.115 e. The zero-order chi connectivity index (χ0) is 12.4. The van der Waals surface area contributed by atoms with Crippen molar-refractivity contribution >= 4 is 10.9 Å². The first-order valence-corrected chi connectivity index (χ1v) is 5.63. The van der Waals surface area contributed by atoms with Crippen LogP contribution in [0.4, 0.5) is 0 Å². The van der Waals surface area contributed by atoms with Crippen LogP contribution in [0.3, 0.4) is 0 Å². The molecule has 0 saturated heterocycles. The quantitative estimate of drug-likeness (QED) is 0.741. The van der Waals surface area contributed by atoms with Gasteiger partial charge in [0.1, 0.15) is 12.4 Å². The molecular formula is C14H11N3O. The molecule has 0 spiro atoms. The van der Waals surface area contributed by atoms with Gasteiger partial charge in [-0.15, -0.1) is 0 Å². The van der Waals surface area contributed by atoms with E-state index in [1.165, 1.54) is 6.33 Å². The van der Waals surface area contributed by atoms with Crippen molar-refractivity contribution in [1.29, 1.82) is 0 Å². The zero-order valence-electron chi connectivity index (χ0n) is 9.56. The van der Waals surface area contributed by atoms with Gasteiger partial charge in [-0.2, -0.15) is 0 Å². The van der Waals surface area contributed by atoms with Crippen LogP contribution in [0, 0.1) is 0 Å². The summed E-state index contributed by atoms with van der Waals surface area (Å²) in [5.74, 6) is 0. The second-order valence-electron chi connectivity index (χ2n) is 3.99. The average Bonchev–Trinajstić information content (AvgIpc) is 2.47. The normalized spacial score (nSPS) is 12.5. The number of hydrogen-bond acceptors (Lipinski definition) is 4. The number of fused-ring (bicyclic) bond motifs is 1.